The van der Waals surface area contributed by atoms with Gasteiger partial charge >= 0.3 is 0 Å². The molecular formula is C25H30FN3O3. The standard InChI is InChI=1S/C25H30FN3O3/c1-31-21-6-7-24-23(16-21)22(8-11-28-24)25(30)17-29-13-9-19(10-14-29)27-12-15-32-20-4-2-18(26)3-5-20/h2-8,11,16,19,25,27,30H,9-10,12-15,17H2,1H3/t25-/m0/s1. The van der Waals surface area contributed by atoms with E-state index >= 15 is 0 Å². The van der Waals surface area contributed by atoms with E-state index in [9.17, 15) is 9.50 Å². The first-order valence-corrected chi connectivity index (χ1v) is 11.1. The maximum Gasteiger partial charge on any atom is 0.123 e. The molecule has 0 saturated carbocycles. The number of benzene rings is 2. The molecule has 0 bridgehead atoms. The minimum atomic E-state index is -0.582. The summed E-state index contributed by atoms with van der Waals surface area (Å²) in [6.45, 7) is 3.75. The van der Waals surface area contributed by atoms with E-state index in [1.807, 2.05) is 24.3 Å². The van der Waals surface area contributed by atoms with Crippen LogP contribution in [0, 0.1) is 5.82 Å². The molecule has 170 valence electrons. The molecule has 2 heterocycles. The second-order valence-corrected chi connectivity index (χ2v) is 8.13. The zero-order chi connectivity index (χ0) is 22.3. The number of nitrogens with zero attached hydrogens (tertiary/aromatic N) is 2. The third kappa shape index (κ3) is 5.73. The summed E-state index contributed by atoms with van der Waals surface area (Å²) < 4.78 is 23.9. The number of aliphatic hydroxyl groups is 1. The molecule has 1 atom stereocenters. The van der Waals surface area contributed by atoms with Gasteiger partial charge < -0.3 is 24.8 Å². The lowest BCUT2D eigenvalue weighted by Crippen LogP contribution is -2.44. The molecule has 6 nitrogen and oxygen atoms in total. The van der Waals surface area contributed by atoms with Crippen LogP contribution in [0.15, 0.2) is 54.7 Å². The highest BCUT2D eigenvalue weighted by atomic mass is 19.1. The Morgan fingerprint density at radius 3 is 2.62 bits per heavy atom. The largest absolute Gasteiger partial charge is 0.497 e. The first-order valence-electron chi connectivity index (χ1n) is 11.1. The molecule has 1 aromatic heterocycles. The van der Waals surface area contributed by atoms with Crippen molar-refractivity contribution in [2.24, 2.45) is 0 Å². The summed E-state index contributed by atoms with van der Waals surface area (Å²) in [5.74, 6) is 1.18. The topological polar surface area (TPSA) is 66.9 Å². The van der Waals surface area contributed by atoms with E-state index < -0.39 is 6.10 Å². The average Bonchev–Trinajstić information content (AvgIpc) is 2.83. The quantitative estimate of drug-likeness (QED) is 0.497. The monoisotopic (exact) mass is 439 g/mol. The van der Waals surface area contributed by atoms with Gasteiger partial charge in [-0.2, -0.15) is 0 Å². The minimum absolute atomic E-state index is 0.260. The van der Waals surface area contributed by atoms with Gasteiger partial charge in [-0.3, -0.25) is 4.98 Å². The molecule has 0 amide bonds. The Balaban J connectivity index is 1.22. The Labute approximate surface area is 188 Å². The van der Waals surface area contributed by atoms with Crippen LogP contribution in [0.5, 0.6) is 11.5 Å². The number of fused-ring (bicyclic) bond motifs is 1. The van der Waals surface area contributed by atoms with Crippen LogP contribution in [0.1, 0.15) is 24.5 Å². The van der Waals surface area contributed by atoms with E-state index in [-0.39, 0.29) is 5.82 Å². The van der Waals surface area contributed by atoms with Crippen molar-refractivity contribution in [3.05, 3.63) is 66.1 Å². The fraction of sp³-hybridized carbons (Fsp3) is 0.400. The first kappa shape index (κ1) is 22.5. The lowest BCUT2D eigenvalue weighted by molar-refractivity contribution is 0.0946. The van der Waals surface area contributed by atoms with Crippen LogP contribution in [0.4, 0.5) is 4.39 Å². The van der Waals surface area contributed by atoms with Crippen molar-refractivity contribution in [1.82, 2.24) is 15.2 Å². The van der Waals surface area contributed by atoms with E-state index in [1.165, 1.54) is 12.1 Å². The molecule has 7 heteroatoms. The van der Waals surface area contributed by atoms with Gasteiger partial charge in [0.05, 0.1) is 18.7 Å². The average molecular weight is 440 g/mol. The van der Waals surface area contributed by atoms with E-state index in [2.05, 4.69) is 15.2 Å². The second-order valence-electron chi connectivity index (χ2n) is 8.13. The predicted molar refractivity (Wildman–Crippen MR) is 123 cm³/mol. The van der Waals surface area contributed by atoms with Crippen LogP contribution in [0.3, 0.4) is 0 Å². The lowest BCUT2D eigenvalue weighted by atomic mass is 10.0. The van der Waals surface area contributed by atoms with Crippen LogP contribution in [0.25, 0.3) is 10.9 Å². The number of β-amino-alcohol motifs (C(OH)–C–C–N with tert-alkyl or cyclic N) is 1. The Morgan fingerprint density at radius 1 is 1.12 bits per heavy atom. The minimum Gasteiger partial charge on any atom is -0.497 e. The molecule has 0 unspecified atom stereocenters. The molecule has 2 aromatic carbocycles. The summed E-state index contributed by atoms with van der Waals surface area (Å²) in [6, 6.07) is 14.1. The van der Waals surface area contributed by atoms with Crippen LogP contribution in [-0.4, -0.2) is 60.9 Å². The molecule has 32 heavy (non-hydrogen) atoms. The summed E-state index contributed by atoms with van der Waals surface area (Å²) >= 11 is 0. The molecular weight excluding hydrogens is 409 g/mol. The molecule has 0 radical (unpaired) electrons. The van der Waals surface area contributed by atoms with Gasteiger partial charge in [0.25, 0.3) is 0 Å². The second kappa shape index (κ2) is 10.7. The third-order valence-corrected chi connectivity index (χ3v) is 5.98. The Hall–Kier alpha value is -2.74. The van der Waals surface area contributed by atoms with Crippen molar-refractivity contribution in [3.63, 3.8) is 0 Å². The van der Waals surface area contributed by atoms with Crippen molar-refractivity contribution < 1.29 is 19.0 Å². The van der Waals surface area contributed by atoms with Gasteiger partial charge in [0.2, 0.25) is 0 Å². The zero-order valence-corrected chi connectivity index (χ0v) is 18.3. The summed E-state index contributed by atoms with van der Waals surface area (Å²) in [7, 11) is 1.64. The van der Waals surface area contributed by atoms with Gasteiger partial charge in [0.15, 0.2) is 0 Å². The molecule has 3 aromatic rings. The molecule has 1 aliphatic rings. The third-order valence-electron chi connectivity index (χ3n) is 5.98. The fourth-order valence-electron chi connectivity index (χ4n) is 4.19. The Kier molecular flexibility index (Phi) is 7.52. The lowest BCUT2D eigenvalue weighted by Gasteiger charge is -2.33. The van der Waals surface area contributed by atoms with Crippen molar-refractivity contribution in [1.29, 1.82) is 0 Å². The number of methoxy groups -OCH3 is 1. The fourth-order valence-corrected chi connectivity index (χ4v) is 4.19. The molecule has 1 fully saturated rings. The highest BCUT2D eigenvalue weighted by Gasteiger charge is 2.22. The maximum atomic E-state index is 12.9. The highest BCUT2D eigenvalue weighted by Crippen LogP contribution is 2.27. The van der Waals surface area contributed by atoms with Crippen LogP contribution in [0.2, 0.25) is 0 Å². The number of aliphatic hydroxyl groups excluding tert-OH is 1. The summed E-state index contributed by atoms with van der Waals surface area (Å²) in [5, 5.41) is 15.4. The van der Waals surface area contributed by atoms with Crippen molar-refractivity contribution in [2.45, 2.75) is 25.0 Å². The number of hydrogen-bond acceptors (Lipinski definition) is 6. The zero-order valence-electron chi connectivity index (χ0n) is 18.3. The van der Waals surface area contributed by atoms with Crippen molar-refractivity contribution in [2.75, 3.05) is 39.9 Å². The van der Waals surface area contributed by atoms with Gasteiger partial charge in [0.1, 0.15) is 23.9 Å². The van der Waals surface area contributed by atoms with Crippen LogP contribution < -0.4 is 14.8 Å². The number of piperidine rings is 1. The smallest absolute Gasteiger partial charge is 0.123 e. The molecule has 0 aliphatic carbocycles. The highest BCUT2D eigenvalue weighted by molar-refractivity contribution is 5.83. The number of halogens is 1. The molecule has 0 spiro atoms. The number of aromatic nitrogens is 1. The van der Waals surface area contributed by atoms with E-state index in [0.29, 0.717) is 24.9 Å². The number of hydrogen-bond donors (Lipinski definition) is 2. The Morgan fingerprint density at radius 2 is 1.88 bits per heavy atom. The van der Waals surface area contributed by atoms with E-state index in [1.54, 1.807) is 25.4 Å². The SMILES string of the molecule is COc1ccc2nccc([C@@H](O)CN3CCC(NCCOc4ccc(F)cc4)CC3)c2c1. The molecule has 2 N–H and O–H groups in total. The van der Waals surface area contributed by atoms with Gasteiger partial charge in [-0.15, -0.1) is 0 Å². The van der Waals surface area contributed by atoms with E-state index in [0.717, 1.165) is 54.7 Å². The Bertz CT molecular complexity index is 1010. The van der Waals surface area contributed by atoms with Crippen molar-refractivity contribution in [3.8, 4) is 11.5 Å². The number of nitrogens with one attached hydrogen (secondary N) is 1. The van der Waals surface area contributed by atoms with E-state index in [4.69, 9.17) is 9.47 Å². The summed E-state index contributed by atoms with van der Waals surface area (Å²) in [6.07, 6.45) is 3.21. The molecule has 1 saturated heterocycles. The number of pyridine rings is 1. The van der Waals surface area contributed by atoms with Crippen LogP contribution >= 0.6 is 0 Å². The number of rotatable bonds is 9. The normalized spacial score (nSPS) is 16.2. The summed E-state index contributed by atoms with van der Waals surface area (Å²) in [4.78, 5) is 6.71. The van der Waals surface area contributed by atoms with Crippen molar-refractivity contribution >= 4 is 10.9 Å². The number of ether oxygens (including phenoxy) is 2. The molecule has 1 aliphatic heterocycles. The molecule has 4 rings (SSSR count). The number of likely N-dealkylation sites (tertiary alicyclic amines) is 1. The van der Waals surface area contributed by atoms with Gasteiger partial charge in [0, 0.05) is 30.7 Å². The van der Waals surface area contributed by atoms with Gasteiger partial charge in [-0.1, -0.05) is 0 Å². The predicted octanol–water partition coefficient (Wildman–Crippen LogP) is 3.55. The van der Waals surface area contributed by atoms with Gasteiger partial charge in [-0.05, 0) is 80.0 Å². The summed E-state index contributed by atoms with van der Waals surface area (Å²) in [5.41, 5.74) is 1.74. The van der Waals surface area contributed by atoms with Crippen LogP contribution in [-0.2, 0) is 0 Å². The first-order chi connectivity index (χ1) is 15.6. The van der Waals surface area contributed by atoms with Gasteiger partial charge in [-0.25, -0.2) is 4.39 Å². The maximum absolute atomic E-state index is 12.9.